The van der Waals surface area contributed by atoms with Crippen LogP contribution in [0.5, 0.6) is 0 Å². The highest BCUT2D eigenvalue weighted by molar-refractivity contribution is 7.92. The zero-order valence-electron chi connectivity index (χ0n) is 10.2. The van der Waals surface area contributed by atoms with Crippen LogP contribution in [-0.4, -0.2) is 38.9 Å². The quantitative estimate of drug-likeness (QED) is 0.653. The lowest BCUT2D eigenvalue weighted by molar-refractivity contribution is -0.118. The van der Waals surface area contributed by atoms with E-state index in [2.05, 4.69) is 5.32 Å². The number of amides is 1. The Bertz CT molecular complexity index is 312. The first-order chi connectivity index (χ1) is 7.26. The average Bonchev–Trinajstić information content (AvgIpc) is 2.13. The average molecular weight is 250 g/mol. The van der Waals surface area contributed by atoms with Gasteiger partial charge in [0, 0.05) is 6.54 Å². The number of hydrogen-bond acceptors (Lipinski definition) is 4. The van der Waals surface area contributed by atoms with Crippen molar-refractivity contribution in [2.75, 3.05) is 24.6 Å². The molecule has 0 rings (SSSR count). The molecule has 0 saturated heterocycles. The Balaban J connectivity index is 4.11. The van der Waals surface area contributed by atoms with Crippen molar-refractivity contribution in [1.29, 1.82) is 0 Å². The molecule has 96 valence electrons. The van der Waals surface area contributed by atoms with Gasteiger partial charge in [-0.2, -0.15) is 0 Å². The zero-order valence-corrected chi connectivity index (χ0v) is 11.0. The van der Waals surface area contributed by atoms with Gasteiger partial charge in [0.05, 0.1) is 5.75 Å². The fourth-order valence-corrected chi connectivity index (χ4v) is 2.75. The van der Waals surface area contributed by atoms with E-state index in [0.29, 0.717) is 19.0 Å². The van der Waals surface area contributed by atoms with E-state index in [9.17, 15) is 13.2 Å². The maximum atomic E-state index is 11.5. The van der Waals surface area contributed by atoms with Crippen molar-refractivity contribution in [3.63, 3.8) is 0 Å². The summed E-state index contributed by atoms with van der Waals surface area (Å²) in [7, 11) is -3.33. The van der Waals surface area contributed by atoms with E-state index >= 15 is 0 Å². The molecule has 0 saturated carbocycles. The maximum absolute atomic E-state index is 11.5. The monoisotopic (exact) mass is 250 g/mol. The number of nitrogens with one attached hydrogen (secondary N) is 1. The van der Waals surface area contributed by atoms with Crippen LogP contribution in [0.1, 0.15) is 20.8 Å². The molecule has 1 unspecified atom stereocenters. The Morgan fingerprint density at radius 3 is 2.31 bits per heavy atom. The van der Waals surface area contributed by atoms with Crippen molar-refractivity contribution < 1.29 is 13.2 Å². The Labute approximate surface area is 97.7 Å². The van der Waals surface area contributed by atoms with Crippen LogP contribution in [0.25, 0.3) is 0 Å². The van der Waals surface area contributed by atoms with Gasteiger partial charge in [0.1, 0.15) is 5.75 Å². The smallest absolute Gasteiger partial charge is 0.235 e. The molecule has 0 bridgehead atoms. The van der Waals surface area contributed by atoms with Gasteiger partial charge in [-0.15, -0.1) is 0 Å². The van der Waals surface area contributed by atoms with E-state index in [1.165, 1.54) is 0 Å². The topological polar surface area (TPSA) is 89.3 Å². The van der Waals surface area contributed by atoms with Gasteiger partial charge in [-0.05, 0) is 18.4 Å². The Hall–Kier alpha value is -0.620. The lowest BCUT2D eigenvalue weighted by Gasteiger charge is -2.10. The van der Waals surface area contributed by atoms with Crippen LogP contribution in [-0.2, 0) is 14.6 Å². The molecule has 1 amide bonds. The summed E-state index contributed by atoms with van der Waals surface area (Å²) >= 11 is 0. The number of rotatable bonds is 7. The minimum atomic E-state index is -3.33. The number of carbonyl (C=O) groups is 1. The van der Waals surface area contributed by atoms with E-state index in [-0.39, 0.29) is 11.7 Å². The molecule has 0 aromatic carbocycles. The number of hydrogen-bond donors (Lipinski definition) is 2. The lowest BCUT2D eigenvalue weighted by Crippen LogP contribution is -2.35. The van der Waals surface area contributed by atoms with Crippen molar-refractivity contribution >= 4 is 15.7 Å². The predicted octanol–water partition coefficient (Wildman–Crippen LogP) is -0.232. The second-order valence-corrected chi connectivity index (χ2v) is 6.70. The third-order valence-corrected chi connectivity index (χ3v) is 3.78. The Kier molecular flexibility index (Phi) is 6.59. The normalized spacial score (nSPS) is 13.8. The van der Waals surface area contributed by atoms with E-state index in [0.717, 1.165) is 0 Å². The minimum absolute atomic E-state index is 0.0292. The van der Waals surface area contributed by atoms with Gasteiger partial charge in [-0.1, -0.05) is 20.8 Å². The maximum Gasteiger partial charge on any atom is 0.235 e. The van der Waals surface area contributed by atoms with E-state index in [1.807, 2.05) is 13.8 Å². The van der Waals surface area contributed by atoms with Crippen LogP contribution in [0.15, 0.2) is 0 Å². The standard InChI is InChI=1S/C10H22N2O3S/c1-8(2)5-12-10(13)7-16(14,15)6-9(3)4-11/h8-9H,4-7,11H2,1-3H3,(H,12,13). The summed E-state index contributed by atoms with van der Waals surface area (Å²) in [6.07, 6.45) is 0. The summed E-state index contributed by atoms with van der Waals surface area (Å²) in [6.45, 7) is 6.47. The largest absolute Gasteiger partial charge is 0.355 e. The van der Waals surface area contributed by atoms with Crippen molar-refractivity contribution in [1.82, 2.24) is 5.32 Å². The van der Waals surface area contributed by atoms with Gasteiger partial charge in [-0.3, -0.25) is 4.79 Å². The molecular formula is C10H22N2O3S. The van der Waals surface area contributed by atoms with Crippen LogP contribution in [0.4, 0.5) is 0 Å². The highest BCUT2D eigenvalue weighted by Gasteiger charge is 2.19. The molecule has 0 aliphatic heterocycles. The van der Waals surface area contributed by atoms with Crippen molar-refractivity contribution in [2.45, 2.75) is 20.8 Å². The Morgan fingerprint density at radius 1 is 1.31 bits per heavy atom. The summed E-state index contributed by atoms with van der Waals surface area (Å²) in [5, 5.41) is 2.58. The lowest BCUT2D eigenvalue weighted by atomic mass is 10.2. The third kappa shape index (κ3) is 7.64. The minimum Gasteiger partial charge on any atom is -0.355 e. The molecule has 16 heavy (non-hydrogen) atoms. The molecule has 5 nitrogen and oxygen atoms in total. The highest BCUT2D eigenvalue weighted by atomic mass is 32.2. The van der Waals surface area contributed by atoms with Gasteiger partial charge < -0.3 is 11.1 Å². The molecule has 0 fully saturated rings. The van der Waals surface area contributed by atoms with Crippen LogP contribution < -0.4 is 11.1 Å². The molecule has 1 atom stereocenters. The summed E-state index contributed by atoms with van der Waals surface area (Å²) < 4.78 is 23.1. The number of nitrogens with two attached hydrogens (primary N) is 1. The van der Waals surface area contributed by atoms with Crippen LogP contribution in [0.3, 0.4) is 0 Å². The molecule has 0 aromatic heterocycles. The summed E-state index contributed by atoms with van der Waals surface area (Å²) in [4.78, 5) is 11.3. The molecule has 0 radical (unpaired) electrons. The Morgan fingerprint density at radius 2 is 1.88 bits per heavy atom. The molecule has 0 aliphatic carbocycles. The van der Waals surface area contributed by atoms with Gasteiger partial charge in [0.25, 0.3) is 0 Å². The molecule has 0 spiro atoms. The van der Waals surface area contributed by atoms with E-state index in [1.54, 1.807) is 6.92 Å². The molecule has 6 heteroatoms. The first kappa shape index (κ1) is 15.4. The first-order valence-electron chi connectivity index (χ1n) is 5.44. The molecule has 0 aliphatic rings. The van der Waals surface area contributed by atoms with Gasteiger partial charge in [0.2, 0.25) is 5.91 Å². The number of carbonyl (C=O) groups excluding carboxylic acids is 1. The zero-order chi connectivity index (χ0) is 12.8. The van der Waals surface area contributed by atoms with Crippen LogP contribution in [0, 0.1) is 11.8 Å². The predicted molar refractivity (Wildman–Crippen MR) is 64.7 cm³/mol. The van der Waals surface area contributed by atoms with Crippen molar-refractivity contribution in [3.8, 4) is 0 Å². The summed E-state index contributed by atoms with van der Waals surface area (Å²) in [5.41, 5.74) is 5.34. The molecular weight excluding hydrogens is 228 g/mol. The number of sulfone groups is 1. The molecule has 0 heterocycles. The first-order valence-corrected chi connectivity index (χ1v) is 7.26. The summed E-state index contributed by atoms with van der Waals surface area (Å²) in [5.74, 6) is -0.696. The van der Waals surface area contributed by atoms with Gasteiger partial charge >= 0.3 is 0 Å². The van der Waals surface area contributed by atoms with Crippen molar-refractivity contribution in [2.24, 2.45) is 17.6 Å². The van der Waals surface area contributed by atoms with Gasteiger partial charge in [-0.25, -0.2) is 8.42 Å². The third-order valence-electron chi connectivity index (χ3n) is 2.00. The molecule has 3 N–H and O–H groups in total. The second-order valence-electron chi connectivity index (χ2n) is 4.59. The van der Waals surface area contributed by atoms with E-state index < -0.39 is 21.5 Å². The van der Waals surface area contributed by atoms with Crippen LogP contribution >= 0.6 is 0 Å². The van der Waals surface area contributed by atoms with Gasteiger partial charge in [0.15, 0.2) is 9.84 Å². The second kappa shape index (κ2) is 6.85. The van der Waals surface area contributed by atoms with Crippen molar-refractivity contribution in [3.05, 3.63) is 0 Å². The highest BCUT2D eigenvalue weighted by Crippen LogP contribution is 2.00. The SMILES string of the molecule is CC(C)CNC(=O)CS(=O)(=O)CC(C)CN. The summed E-state index contributed by atoms with van der Waals surface area (Å²) in [6, 6.07) is 0. The fraction of sp³-hybridized carbons (Fsp3) is 0.900. The van der Waals surface area contributed by atoms with E-state index in [4.69, 9.17) is 5.73 Å². The van der Waals surface area contributed by atoms with Crippen LogP contribution in [0.2, 0.25) is 0 Å². The molecule has 0 aromatic rings. The fourth-order valence-electron chi connectivity index (χ4n) is 1.13.